The highest BCUT2D eigenvalue weighted by atomic mass is 79.9. The van der Waals surface area contributed by atoms with Crippen LogP contribution in [0.5, 0.6) is 0 Å². The molecule has 2 rings (SSSR count). The molecule has 130 valence electrons. The van der Waals surface area contributed by atoms with Gasteiger partial charge in [-0.05, 0) is 75.7 Å². The number of hydrogen-bond donors (Lipinski definition) is 1. The van der Waals surface area contributed by atoms with Crippen molar-refractivity contribution in [2.45, 2.75) is 63.8 Å². The Labute approximate surface area is 149 Å². The van der Waals surface area contributed by atoms with Crippen LogP contribution in [-0.2, 0) is 21.3 Å². The van der Waals surface area contributed by atoms with Crippen molar-refractivity contribution < 1.29 is 9.53 Å². The smallest absolute Gasteiger partial charge is 0.293 e. The Hall–Kier alpha value is -0.870. The van der Waals surface area contributed by atoms with Crippen molar-refractivity contribution in [1.82, 2.24) is 5.32 Å². The van der Waals surface area contributed by atoms with Crippen molar-refractivity contribution in [1.29, 1.82) is 0 Å². The molecule has 3 nitrogen and oxygen atoms in total. The largest absolute Gasteiger partial charge is 0.462 e. The first-order chi connectivity index (χ1) is 10.9. The summed E-state index contributed by atoms with van der Waals surface area (Å²) >= 11 is 3.53. The zero-order valence-electron chi connectivity index (χ0n) is 14.8. The van der Waals surface area contributed by atoms with Crippen LogP contribution in [0.4, 0.5) is 0 Å². The quantitative estimate of drug-likeness (QED) is 0.611. The molecule has 0 amide bonds. The third-order valence-corrected chi connectivity index (χ3v) is 4.57. The molecule has 0 spiro atoms. The summed E-state index contributed by atoms with van der Waals surface area (Å²) in [7, 11) is 0. The second-order valence-electron chi connectivity index (χ2n) is 6.87. The Balaban J connectivity index is 0.000000322. The fraction of sp³-hybridized carbons (Fsp3) is 0.632. The maximum atomic E-state index is 9.60. The van der Waals surface area contributed by atoms with E-state index in [0.29, 0.717) is 6.47 Å². The van der Waals surface area contributed by atoms with Gasteiger partial charge in [0.25, 0.3) is 6.47 Å². The summed E-state index contributed by atoms with van der Waals surface area (Å²) in [5.41, 5.74) is 4.22. The highest BCUT2D eigenvalue weighted by Gasteiger charge is 2.17. The van der Waals surface area contributed by atoms with E-state index in [1.54, 1.807) is 11.1 Å². The lowest BCUT2D eigenvalue weighted by Gasteiger charge is -2.25. The van der Waals surface area contributed by atoms with E-state index in [2.05, 4.69) is 51.1 Å². The van der Waals surface area contributed by atoms with Crippen molar-refractivity contribution in [3.63, 3.8) is 0 Å². The Morgan fingerprint density at radius 3 is 2.39 bits per heavy atom. The lowest BCUT2D eigenvalue weighted by atomic mass is 9.86. The number of halogens is 1. The fourth-order valence-electron chi connectivity index (χ4n) is 2.72. The molecule has 1 heterocycles. The molecule has 1 aliphatic rings. The number of carbonyl (C=O) groups excluding carboxylic acids is 1. The van der Waals surface area contributed by atoms with E-state index in [-0.39, 0.29) is 5.60 Å². The van der Waals surface area contributed by atoms with Gasteiger partial charge in [-0.1, -0.05) is 41.1 Å². The van der Waals surface area contributed by atoms with Crippen LogP contribution in [-0.4, -0.2) is 25.2 Å². The monoisotopic (exact) mass is 383 g/mol. The summed E-state index contributed by atoms with van der Waals surface area (Å²) in [4.78, 5) is 9.60. The van der Waals surface area contributed by atoms with Gasteiger partial charge in [0.1, 0.15) is 5.60 Å². The predicted molar refractivity (Wildman–Crippen MR) is 100 cm³/mol. The van der Waals surface area contributed by atoms with Crippen LogP contribution >= 0.6 is 15.9 Å². The van der Waals surface area contributed by atoms with E-state index in [0.717, 1.165) is 17.7 Å². The number of ether oxygens (including phenoxy) is 1. The van der Waals surface area contributed by atoms with Crippen LogP contribution in [0.25, 0.3) is 0 Å². The average molecular weight is 384 g/mol. The average Bonchev–Trinajstić information content (AvgIpc) is 2.54. The number of benzene rings is 1. The van der Waals surface area contributed by atoms with Gasteiger partial charge in [-0.2, -0.15) is 0 Å². The minimum absolute atomic E-state index is 0.318. The number of aryl methyl sites for hydroxylation is 1. The highest BCUT2D eigenvalue weighted by Crippen LogP contribution is 2.29. The lowest BCUT2D eigenvalue weighted by molar-refractivity contribution is -0.138. The minimum atomic E-state index is -0.318. The van der Waals surface area contributed by atoms with Crippen LogP contribution in [0.3, 0.4) is 0 Å². The molecule has 0 unspecified atom stereocenters. The van der Waals surface area contributed by atoms with E-state index in [9.17, 15) is 4.79 Å². The summed E-state index contributed by atoms with van der Waals surface area (Å²) in [6, 6.07) is 6.99. The molecule has 0 atom stereocenters. The van der Waals surface area contributed by atoms with Gasteiger partial charge in [0.15, 0.2) is 0 Å². The standard InChI is InChI=1S/C14H20BrN.C5H10O2/c1-2-12-9-11(10-15)3-4-14(12)13-5-7-16-8-6-13;1-5(2,3)7-4-6/h3-4,9,13,16H,2,5-8,10H2,1H3;4H,1-3H3. The van der Waals surface area contributed by atoms with Crippen molar-refractivity contribution in [2.75, 3.05) is 13.1 Å². The highest BCUT2D eigenvalue weighted by molar-refractivity contribution is 9.08. The van der Waals surface area contributed by atoms with Crippen LogP contribution in [0.15, 0.2) is 18.2 Å². The molecule has 0 radical (unpaired) electrons. The number of alkyl halides is 1. The predicted octanol–water partition coefficient (Wildman–Crippen LogP) is 4.57. The molecule has 23 heavy (non-hydrogen) atoms. The Kier molecular flexibility index (Phi) is 8.85. The molecule has 1 fully saturated rings. The van der Waals surface area contributed by atoms with E-state index in [1.165, 1.54) is 31.5 Å². The zero-order chi connectivity index (χ0) is 17.3. The molecule has 0 aliphatic carbocycles. The van der Waals surface area contributed by atoms with E-state index < -0.39 is 0 Å². The molecular weight excluding hydrogens is 354 g/mol. The third-order valence-electron chi connectivity index (χ3n) is 3.92. The summed E-state index contributed by atoms with van der Waals surface area (Å²) in [5.74, 6) is 0.778. The van der Waals surface area contributed by atoms with E-state index >= 15 is 0 Å². The van der Waals surface area contributed by atoms with Gasteiger partial charge in [0, 0.05) is 5.33 Å². The van der Waals surface area contributed by atoms with Crippen molar-refractivity contribution >= 4 is 22.4 Å². The first-order valence-corrected chi connectivity index (χ1v) is 9.53. The topological polar surface area (TPSA) is 38.3 Å². The second-order valence-corrected chi connectivity index (χ2v) is 7.43. The summed E-state index contributed by atoms with van der Waals surface area (Å²) in [6.45, 7) is 10.5. The van der Waals surface area contributed by atoms with Crippen molar-refractivity contribution in [3.8, 4) is 0 Å². The van der Waals surface area contributed by atoms with Gasteiger partial charge >= 0.3 is 0 Å². The van der Waals surface area contributed by atoms with Crippen LogP contribution in [0, 0.1) is 0 Å². The molecule has 1 aromatic rings. The maximum absolute atomic E-state index is 9.60. The van der Waals surface area contributed by atoms with Crippen LogP contribution in [0.1, 0.15) is 63.1 Å². The van der Waals surface area contributed by atoms with E-state index in [1.807, 2.05) is 20.8 Å². The molecule has 0 aromatic heterocycles. The van der Waals surface area contributed by atoms with E-state index in [4.69, 9.17) is 0 Å². The van der Waals surface area contributed by atoms with Crippen LogP contribution < -0.4 is 5.32 Å². The molecular formula is C19H30BrNO2. The molecule has 0 bridgehead atoms. The Morgan fingerprint density at radius 2 is 1.96 bits per heavy atom. The number of piperidine rings is 1. The van der Waals surface area contributed by atoms with Gasteiger partial charge < -0.3 is 10.1 Å². The molecule has 1 N–H and O–H groups in total. The summed E-state index contributed by atoms with van der Waals surface area (Å²) in [5, 5.41) is 4.40. The molecule has 1 aliphatic heterocycles. The zero-order valence-corrected chi connectivity index (χ0v) is 16.4. The van der Waals surface area contributed by atoms with Crippen molar-refractivity contribution in [3.05, 3.63) is 34.9 Å². The first kappa shape index (κ1) is 20.2. The molecule has 1 saturated heterocycles. The summed E-state index contributed by atoms with van der Waals surface area (Å²) in [6.07, 6.45) is 3.74. The maximum Gasteiger partial charge on any atom is 0.293 e. The van der Waals surface area contributed by atoms with Crippen molar-refractivity contribution in [2.24, 2.45) is 0 Å². The summed E-state index contributed by atoms with van der Waals surface area (Å²) < 4.78 is 4.55. The number of hydrogen-bond acceptors (Lipinski definition) is 3. The number of carbonyl (C=O) groups is 1. The number of nitrogens with one attached hydrogen (secondary N) is 1. The SMILES string of the molecule is CC(C)(C)OC=O.CCc1cc(CBr)ccc1C1CCNCC1. The Morgan fingerprint density at radius 1 is 1.30 bits per heavy atom. The van der Waals surface area contributed by atoms with Gasteiger partial charge in [0.2, 0.25) is 0 Å². The minimum Gasteiger partial charge on any atom is -0.462 e. The van der Waals surface area contributed by atoms with Crippen LogP contribution in [0.2, 0.25) is 0 Å². The Bertz CT molecular complexity index is 477. The first-order valence-electron chi connectivity index (χ1n) is 8.41. The van der Waals surface area contributed by atoms with Gasteiger partial charge in [-0.3, -0.25) is 4.79 Å². The van der Waals surface area contributed by atoms with Gasteiger partial charge in [-0.15, -0.1) is 0 Å². The lowest BCUT2D eigenvalue weighted by Crippen LogP contribution is -2.27. The number of rotatable bonds is 4. The molecule has 1 aromatic carbocycles. The molecule has 4 heteroatoms. The normalized spacial score (nSPS) is 15.5. The second kappa shape index (κ2) is 10.1. The third kappa shape index (κ3) is 7.49. The van der Waals surface area contributed by atoms with Gasteiger partial charge in [0.05, 0.1) is 0 Å². The molecule has 0 saturated carbocycles. The fourth-order valence-corrected chi connectivity index (χ4v) is 3.07. The van der Waals surface area contributed by atoms with Gasteiger partial charge in [-0.25, -0.2) is 0 Å².